The van der Waals surface area contributed by atoms with Gasteiger partial charge in [0.2, 0.25) is 5.91 Å². The highest BCUT2D eigenvalue weighted by molar-refractivity contribution is 5.98. The molecule has 1 fully saturated rings. The third-order valence-corrected chi connectivity index (χ3v) is 10.3. The summed E-state index contributed by atoms with van der Waals surface area (Å²) in [5, 5.41) is 3.23. The standard InChI is InChI=1S/C40H64N4O2/c1-8-11-28-43(39-34(6)23-20-24-35(39)7)40(46)36-25-15-17-27-42(36)26-16-13-12-14-18-30-44(10-3,29-9-2)31-37(45)41-38-32(4)21-19-22-33(38)5/h19-24,36H,8-18,25-31H2,1-7H3/p+1/t36-,44?/m0/s1. The normalized spacial score (nSPS) is 16.6. The van der Waals surface area contributed by atoms with Crippen molar-refractivity contribution in [3.8, 4) is 0 Å². The molecule has 1 unspecified atom stereocenters. The Labute approximate surface area is 281 Å². The number of hydrogen-bond acceptors (Lipinski definition) is 3. The molecule has 1 aliphatic heterocycles. The molecule has 0 spiro atoms. The Hall–Kier alpha value is -2.70. The summed E-state index contributed by atoms with van der Waals surface area (Å²) in [5.41, 5.74) is 6.72. The number of aryl methyl sites for hydroxylation is 4. The molecule has 3 rings (SSSR count). The summed E-state index contributed by atoms with van der Waals surface area (Å²) >= 11 is 0. The summed E-state index contributed by atoms with van der Waals surface area (Å²) in [6.07, 6.45) is 12.4. The number of amides is 2. The average Bonchev–Trinajstić information content (AvgIpc) is 3.03. The molecule has 0 saturated carbocycles. The Kier molecular flexibility index (Phi) is 15.8. The van der Waals surface area contributed by atoms with Crippen LogP contribution in [0.25, 0.3) is 0 Å². The molecule has 1 saturated heterocycles. The number of para-hydroxylation sites is 2. The zero-order chi connectivity index (χ0) is 33.5. The second-order valence-corrected chi connectivity index (χ2v) is 14.0. The highest BCUT2D eigenvalue weighted by atomic mass is 16.2. The van der Waals surface area contributed by atoms with Gasteiger partial charge < -0.3 is 14.7 Å². The number of likely N-dealkylation sites (N-methyl/N-ethyl adjacent to an activating group) is 1. The van der Waals surface area contributed by atoms with E-state index in [1.165, 1.54) is 36.8 Å². The summed E-state index contributed by atoms with van der Waals surface area (Å²) < 4.78 is 0.861. The first-order chi connectivity index (χ1) is 22.2. The lowest BCUT2D eigenvalue weighted by Gasteiger charge is -2.38. The molecule has 0 radical (unpaired) electrons. The Morgan fingerprint density at radius 1 is 0.804 bits per heavy atom. The van der Waals surface area contributed by atoms with Crippen molar-refractivity contribution in [2.75, 3.05) is 56.0 Å². The van der Waals surface area contributed by atoms with Crippen LogP contribution in [0, 0.1) is 27.7 Å². The number of benzene rings is 2. The lowest BCUT2D eigenvalue weighted by atomic mass is 9.98. The van der Waals surface area contributed by atoms with Crippen LogP contribution in [-0.4, -0.2) is 73.1 Å². The van der Waals surface area contributed by atoms with E-state index in [1.807, 2.05) is 6.07 Å². The maximum absolute atomic E-state index is 14.1. The number of nitrogens with zero attached hydrogens (tertiary/aromatic N) is 3. The number of anilines is 2. The van der Waals surface area contributed by atoms with E-state index >= 15 is 0 Å². The van der Waals surface area contributed by atoms with Crippen molar-refractivity contribution < 1.29 is 14.1 Å². The van der Waals surface area contributed by atoms with Crippen LogP contribution in [0.3, 0.4) is 0 Å². The van der Waals surface area contributed by atoms with E-state index in [0.29, 0.717) is 12.5 Å². The quantitative estimate of drug-likeness (QED) is 0.124. The first-order valence-corrected chi connectivity index (χ1v) is 18.5. The highest BCUT2D eigenvalue weighted by Gasteiger charge is 2.33. The van der Waals surface area contributed by atoms with Crippen molar-refractivity contribution in [2.45, 2.75) is 125 Å². The second kappa shape index (κ2) is 19.2. The van der Waals surface area contributed by atoms with Gasteiger partial charge in [0, 0.05) is 17.9 Å². The predicted octanol–water partition coefficient (Wildman–Crippen LogP) is 8.74. The number of carbonyl (C=O) groups is 2. The van der Waals surface area contributed by atoms with Crippen molar-refractivity contribution in [2.24, 2.45) is 0 Å². The van der Waals surface area contributed by atoms with E-state index in [2.05, 4.69) is 93.9 Å². The fourth-order valence-corrected chi connectivity index (χ4v) is 7.56. The van der Waals surface area contributed by atoms with Gasteiger partial charge in [-0.2, -0.15) is 0 Å². The van der Waals surface area contributed by atoms with Gasteiger partial charge in [-0.15, -0.1) is 0 Å². The molecule has 0 bridgehead atoms. The summed E-state index contributed by atoms with van der Waals surface area (Å²) in [7, 11) is 0. The van der Waals surface area contributed by atoms with Crippen molar-refractivity contribution in [3.05, 3.63) is 58.7 Å². The number of quaternary nitrogens is 1. The molecule has 1 aliphatic rings. The number of hydrogen-bond donors (Lipinski definition) is 1. The van der Waals surface area contributed by atoms with Crippen LogP contribution in [0.15, 0.2) is 36.4 Å². The van der Waals surface area contributed by atoms with Crippen LogP contribution in [0.4, 0.5) is 11.4 Å². The van der Waals surface area contributed by atoms with Gasteiger partial charge in [-0.05, 0) is 115 Å². The fourth-order valence-electron chi connectivity index (χ4n) is 7.56. The molecule has 1 heterocycles. The molecule has 6 nitrogen and oxygen atoms in total. The fraction of sp³-hybridized carbons (Fsp3) is 0.650. The Morgan fingerprint density at radius 2 is 1.43 bits per heavy atom. The van der Waals surface area contributed by atoms with Crippen LogP contribution < -0.4 is 10.2 Å². The molecule has 1 N–H and O–H groups in total. The van der Waals surface area contributed by atoms with Gasteiger partial charge in [-0.3, -0.25) is 14.5 Å². The molecule has 2 amide bonds. The molecule has 2 aromatic rings. The number of nitrogens with one attached hydrogen (secondary N) is 1. The predicted molar refractivity (Wildman–Crippen MR) is 196 cm³/mol. The Bertz CT molecular complexity index is 1200. The zero-order valence-corrected chi connectivity index (χ0v) is 30.4. The van der Waals surface area contributed by atoms with E-state index in [-0.39, 0.29) is 11.9 Å². The minimum Gasteiger partial charge on any atom is -0.321 e. The molecular formula is C40H65N4O2+. The van der Waals surface area contributed by atoms with Crippen LogP contribution in [0.5, 0.6) is 0 Å². The van der Waals surface area contributed by atoms with E-state index in [4.69, 9.17) is 0 Å². The molecule has 0 aliphatic carbocycles. The number of carbonyl (C=O) groups excluding carboxylic acids is 2. The lowest BCUT2D eigenvalue weighted by Crippen LogP contribution is -2.53. The van der Waals surface area contributed by atoms with Gasteiger partial charge in [0.1, 0.15) is 0 Å². The van der Waals surface area contributed by atoms with Crippen LogP contribution in [0.1, 0.15) is 114 Å². The van der Waals surface area contributed by atoms with Crippen molar-refractivity contribution in [1.82, 2.24) is 4.90 Å². The summed E-state index contributed by atoms with van der Waals surface area (Å²) in [6, 6.07) is 12.5. The average molecular weight is 634 g/mol. The topological polar surface area (TPSA) is 52.7 Å². The number of piperidine rings is 1. The van der Waals surface area contributed by atoms with Crippen LogP contribution in [-0.2, 0) is 9.59 Å². The van der Waals surface area contributed by atoms with E-state index < -0.39 is 0 Å². The van der Waals surface area contributed by atoms with Gasteiger partial charge >= 0.3 is 0 Å². The molecule has 6 heteroatoms. The smallest absolute Gasteiger partial charge is 0.279 e. The van der Waals surface area contributed by atoms with E-state index in [0.717, 1.165) is 111 Å². The zero-order valence-electron chi connectivity index (χ0n) is 30.4. The summed E-state index contributed by atoms with van der Waals surface area (Å²) in [6.45, 7) is 21.5. The summed E-state index contributed by atoms with van der Waals surface area (Å²) in [5.74, 6) is 0.431. The van der Waals surface area contributed by atoms with Gasteiger partial charge in [0.25, 0.3) is 5.91 Å². The number of unbranched alkanes of at least 4 members (excludes halogenated alkanes) is 5. The summed E-state index contributed by atoms with van der Waals surface area (Å²) in [4.78, 5) is 32.0. The van der Waals surface area contributed by atoms with E-state index in [9.17, 15) is 9.59 Å². The largest absolute Gasteiger partial charge is 0.321 e. The molecule has 2 aromatic carbocycles. The van der Waals surface area contributed by atoms with Gasteiger partial charge in [0.05, 0.1) is 25.7 Å². The third kappa shape index (κ3) is 10.7. The van der Waals surface area contributed by atoms with Crippen LogP contribution >= 0.6 is 0 Å². The van der Waals surface area contributed by atoms with Gasteiger partial charge in [-0.1, -0.05) is 75.9 Å². The molecule has 2 atom stereocenters. The highest BCUT2D eigenvalue weighted by Crippen LogP contribution is 2.29. The first-order valence-electron chi connectivity index (χ1n) is 18.5. The van der Waals surface area contributed by atoms with Gasteiger partial charge in [-0.25, -0.2) is 0 Å². The minimum absolute atomic E-state index is 0.00395. The van der Waals surface area contributed by atoms with Gasteiger partial charge in [0.15, 0.2) is 6.54 Å². The van der Waals surface area contributed by atoms with Crippen LogP contribution in [0.2, 0.25) is 0 Å². The molecule has 0 aromatic heterocycles. The monoisotopic (exact) mass is 634 g/mol. The minimum atomic E-state index is -0.00395. The Balaban J connectivity index is 1.50. The van der Waals surface area contributed by atoms with Crippen molar-refractivity contribution in [3.63, 3.8) is 0 Å². The second-order valence-electron chi connectivity index (χ2n) is 14.0. The number of rotatable bonds is 19. The maximum atomic E-state index is 14.1. The molecule has 46 heavy (non-hydrogen) atoms. The Morgan fingerprint density at radius 3 is 2.07 bits per heavy atom. The third-order valence-electron chi connectivity index (χ3n) is 10.3. The van der Waals surface area contributed by atoms with Crippen molar-refractivity contribution in [1.29, 1.82) is 0 Å². The molecular weight excluding hydrogens is 568 g/mol. The van der Waals surface area contributed by atoms with E-state index in [1.54, 1.807) is 0 Å². The SMILES string of the molecule is CCCCN(C(=O)[C@@H]1CCCCN1CCCCCCC[N+](CC)(CCC)CC(=O)Nc1c(C)cccc1C)c1c(C)cccc1C. The maximum Gasteiger partial charge on any atom is 0.279 e. The lowest BCUT2D eigenvalue weighted by molar-refractivity contribution is -0.919. The number of likely N-dealkylation sites (tertiary alicyclic amines) is 1. The molecule has 256 valence electrons. The van der Waals surface area contributed by atoms with Crippen molar-refractivity contribution >= 4 is 23.2 Å². The first kappa shape index (κ1) is 37.8.